The first kappa shape index (κ1) is 12.8. The SMILES string of the molecule is CCCCn1cc(N)c(-c2ccc3c(c2)OCCO3)n1. The fourth-order valence-corrected chi connectivity index (χ4v) is 2.29. The molecule has 0 atom stereocenters. The van der Waals surface area contributed by atoms with E-state index in [9.17, 15) is 0 Å². The summed E-state index contributed by atoms with van der Waals surface area (Å²) in [6, 6.07) is 5.82. The molecule has 5 nitrogen and oxygen atoms in total. The summed E-state index contributed by atoms with van der Waals surface area (Å²) in [5.41, 5.74) is 8.52. The van der Waals surface area contributed by atoms with Crippen LogP contribution in [0.15, 0.2) is 24.4 Å². The summed E-state index contributed by atoms with van der Waals surface area (Å²) in [5, 5.41) is 4.56. The molecule has 0 fully saturated rings. The summed E-state index contributed by atoms with van der Waals surface area (Å²) in [5.74, 6) is 1.54. The predicted octanol–water partition coefficient (Wildman–Crippen LogP) is 2.70. The molecular formula is C15H19N3O2. The minimum Gasteiger partial charge on any atom is -0.486 e. The molecule has 0 unspecified atom stereocenters. The number of anilines is 1. The molecule has 1 aliphatic heterocycles. The molecular weight excluding hydrogens is 254 g/mol. The number of nitrogen functional groups attached to an aromatic ring is 1. The maximum Gasteiger partial charge on any atom is 0.162 e. The third kappa shape index (κ3) is 2.43. The molecule has 0 saturated heterocycles. The van der Waals surface area contributed by atoms with Crippen molar-refractivity contribution in [3.63, 3.8) is 0 Å². The van der Waals surface area contributed by atoms with Gasteiger partial charge in [0.2, 0.25) is 0 Å². The Bertz CT molecular complexity index is 607. The minimum absolute atomic E-state index is 0.580. The van der Waals surface area contributed by atoms with Gasteiger partial charge >= 0.3 is 0 Å². The molecule has 0 bridgehead atoms. The molecule has 20 heavy (non-hydrogen) atoms. The zero-order valence-corrected chi connectivity index (χ0v) is 11.6. The Kier molecular flexibility index (Phi) is 3.50. The van der Waals surface area contributed by atoms with Crippen molar-refractivity contribution in [1.29, 1.82) is 0 Å². The van der Waals surface area contributed by atoms with E-state index in [1.54, 1.807) is 0 Å². The quantitative estimate of drug-likeness (QED) is 0.930. The third-order valence-corrected chi connectivity index (χ3v) is 3.35. The highest BCUT2D eigenvalue weighted by atomic mass is 16.6. The van der Waals surface area contributed by atoms with Crippen LogP contribution in [0.3, 0.4) is 0 Å². The molecule has 1 aromatic heterocycles. The number of benzene rings is 1. The molecule has 2 heterocycles. The van der Waals surface area contributed by atoms with Crippen LogP contribution in [0, 0.1) is 0 Å². The van der Waals surface area contributed by atoms with E-state index in [-0.39, 0.29) is 0 Å². The van der Waals surface area contributed by atoms with Gasteiger partial charge in [-0.2, -0.15) is 5.10 Å². The lowest BCUT2D eigenvalue weighted by atomic mass is 10.1. The van der Waals surface area contributed by atoms with Crippen LogP contribution in [0.1, 0.15) is 19.8 Å². The molecule has 5 heteroatoms. The molecule has 0 amide bonds. The smallest absolute Gasteiger partial charge is 0.162 e. The van der Waals surface area contributed by atoms with E-state index >= 15 is 0 Å². The summed E-state index contributed by atoms with van der Waals surface area (Å²) in [6.45, 7) is 4.23. The number of hydrogen-bond acceptors (Lipinski definition) is 4. The van der Waals surface area contributed by atoms with E-state index in [4.69, 9.17) is 15.2 Å². The van der Waals surface area contributed by atoms with E-state index in [0.29, 0.717) is 18.9 Å². The van der Waals surface area contributed by atoms with E-state index in [0.717, 1.165) is 42.1 Å². The monoisotopic (exact) mass is 273 g/mol. The molecule has 1 aromatic carbocycles. The number of rotatable bonds is 4. The summed E-state index contributed by atoms with van der Waals surface area (Å²) >= 11 is 0. The van der Waals surface area contributed by atoms with Crippen molar-refractivity contribution in [3.8, 4) is 22.8 Å². The Hall–Kier alpha value is -2.17. The first-order valence-electron chi connectivity index (χ1n) is 7.01. The highest BCUT2D eigenvalue weighted by Crippen LogP contribution is 2.35. The summed E-state index contributed by atoms with van der Waals surface area (Å²) in [7, 11) is 0. The standard InChI is InChI=1S/C15H19N3O2/c1-2-3-6-18-10-12(16)15(17-18)11-4-5-13-14(9-11)20-8-7-19-13/h4-5,9-10H,2-3,6-8,16H2,1H3. The highest BCUT2D eigenvalue weighted by molar-refractivity contribution is 5.74. The van der Waals surface area contributed by atoms with Crippen LogP contribution in [0.5, 0.6) is 11.5 Å². The second-order valence-corrected chi connectivity index (χ2v) is 4.91. The van der Waals surface area contributed by atoms with E-state index < -0.39 is 0 Å². The first-order chi connectivity index (χ1) is 9.78. The van der Waals surface area contributed by atoms with Crippen molar-refractivity contribution in [2.45, 2.75) is 26.3 Å². The van der Waals surface area contributed by atoms with Gasteiger partial charge in [0.15, 0.2) is 11.5 Å². The predicted molar refractivity (Wildman–Crippen MR) is 78.0 cm³/mol. The molecule has 1 aliphatic rings. The molecule has 0 saturated carbocycles. The topological polar surface area (TPSA) is 62.3 Å². The molecule has 2 N–H and O–H groups in total. The van der Waals surface area contributed by atoms with Gasteiger partial charge in [-0.05, 0) is 24.6 Å². The maximum absolute atomic E-state index is 6.07. The molecule has 106 valence electrons. The van der Waals surface area contributed by atoms with Crippen molar-refractivity contribution in [2.75, 3.05) is 18.9 Å². The van der Waals surface area contributed by atoms with Crippen molar-refractivity contribution in [1.82, 2.24) is 9.78 Å². The lowest BCUT2D eigenvalue weighted by molar-refractivity contribution is 0.171. The van der Waals surface area contributed by atoms with Crippen molar-refractivity contribution in [2.24, 2.45) is 0 Å². The van der Waals surface area contributed by atoms with E-state index in [2.05, 4.69) is 12.0 Å². The van der Waals surface area contributed by atoms with Crippen LogP contribution in [0.2, 0.25) is 0 Å². The lowest BCUT2D eigenvalue weighted by Gasteiger charge is -2.18. The normalized spacial score (nSPS) is 13.4. The van der Waals surface area contributed by atoms with Crippen molar-refractivity contribution in [3.05, 3.63) is 24.4 Å². The van der Waals surface area contributed by atoms with Crippen molar-refractivity contribution >= 4 is 5.69 Å². The molecule has 2 aromatic rings. The highest BCUT2D eigenvalue weighted by Gasteiger charge is 2.15. The molecule has 0 aliphatic carbocycles. The molecule has 0 radical (unpaired) electrons. The van der Waals surface area contributed by atoms with Gasteiger partial charge in [-0.1, -0.05) is 13.3 Å². The lowest BCUT2D eigenvalue weighted by Crippen LogP contribution is -2.15. The number of fused-ring (bicyclic) bond motifs is 1. The van der Waals surface area contributed by atoms with Crippen LogP contribution in [-0.4, -0.2) is 23.0 Å². The summed E-state index contributed by atoms with van der Waals surface area (Å²) in [6.07, 6.45) is 4.13. The zero-order chi connectivity index (χ0) is 13.9. The Balaban J connectivity index is 1.90. The molecule has 0 spiro atoms. The zero-order valence-electron chi connectivity index (χ0n) is 11.6. The number of unbranched alkanes of at least 4 members (excludes halogenated alkanes) is 1. The van der Waals surface area contributed by atoms with Gasteiger partial charge in [-0.25, -0.2) is 0 Å². The average molecular weight is 273 g/mol. The second kappa shape index (κ2) is 5.45. The van der Waals surface area contributed by atoms with Crippen molar-refractivity contribution < 1.29 is 9.47 Å². The number of nitrogens with zero attached hydrogens (tertiary/aromatic N) is 2. The van der Waals surface area contributed by atoms with Crippen LogP contribution < -0.4 is 15.2 Å². The average Bonchev–Trinajstić information content (AvgIpc) is 2.85. The van der Waals surface area contributed by atoms with Gasteiger partial charge in [0.1, 0.15) is 18.9 Å². The minimum atomic E-state index is 0.580. The number of nitrogens with two attached hydrogens (primary N) is 1. The Morgan fingerprint density at radius 1 is 1.25 bits per heavy atom. The number of aryl methyl sites for hydroxylation is 1. The Morgan fingerprint density at radius 2 is 2.05 bits per heavy atom. The van der Waals surface area contributed by atoms with Crippen LogP contribution in [0.25, 0.3) is 11.3 Å². The van der Waals surface area contributed by atoms with Gasteiger partial charge in [0.05, 0.1) is 5.69 Å². The summed E-state index contributed by atoms with van der Waals surface area (Å²) in [4.78, 5) is 0. The largest absolute Gasteiger partial charge is 0.486 e. The number of hydrogen-bond donors (Lipinski definition) is 1. The van der Waals surface area contributed by atoms with Gasteiger partial charge in [0, 0.05) is 18.3 Å². The van der Waals surface area contributed by atoms with Gasteiger partial charge in [-0.3, -0.25) is 4.68 Å². The first-order valence-corrected chi connectivity index (χ1v) is 7.01. The fourth-order valence-electron chi connectivity index (χ4n) is 2.29. The van der Waals surface area contributed by atoms with Crippen LogP contribution in [0.4, 0.5) is 5.69 Å². The molecule has 3 rings (SSSR count). The van der Waals surface area contributed by atoms with E-state index in [1.807, 2.05) is 29.1 Å². The van der Waals surface area contributed by atoms with Crippen LogP contribution in [-0.2, 0) is 6.54 Å². The Morgan fingerprint density at radius 3 is 2.85 bits per heavy atom. The second-order valence-electron chi connectivity index (χ2n) is 4.91. The Labute approximate surface area is 118 Å². The van der Waals surface area contributed by atoms with Gasteiger partial charge in [0.25, 0.3) is 0 Å². The summed E-state index contributed by atoms with van der Waals surface area (Å²) < 4.78 is 13.0. The fraction of sp³-hybridized carbons (Fsp3) is 0.400. The number of aromatic nitrogens is 2. The van der Waals surface area contributed by atoms with Gasteiger partial charge in [-0.15, -0.1) is 0 Å². The van der Waals surface area contributed by atoms with Gasteiger partial charge < -0.3 is 15.2 Å². The van der Waals surface area contributed by atoms with Crippen LogP contribution >= 0.6 is 0 Å². The maximum atomic E-state index is 6.07. The van der Waals surface area contributed by atoms with E-state index in [1.165, 1.54) is 0 Å². The number of ether oxygens (including phenoxy) is 2. The third-order valence-electron chi connectivity index (χ3n) is 3.35.